The first-order valence-electron chi connectivity index (χ1n) is 8.54. The zero-order valence-electron chi connectivity index (χ0n) is 15.2. The lowest BCUT2D eigenvalue weighted by atomic mass is 10.1. The summed E-state index contributed by atoms with van der Waals surface area (Å²) in [6.45, 7) is 2.52. The average molecular weight is 386 g/mol. The Morgan fingerprint density at radius 3 is 2.44 bits per heavy atom. The van der Waals surface area contributed by atoms with Crippen molar-refractivity contribution < 1.29 is 14.3 Å². The Hall–Kier alpha value is -2.91. The third kappa shape index (κ3) is 3.79. The molecule has 1 amide bonds. The maximum absolute atomic E-state index is 12.9. The van der Waals surface area contributed by atoms with Crippen molar-refractivity contribution in [1.82, 2.24) is 4.90 Å². The van der Waals surface area contributed by atoms with Crippen molar-refractivity contribution in [3.05, 3.63) is 52.5 Å². The minimum Gasteiger partial charge on any atom is -0.493 e. The van der Waals surface area contributed by atoms with Gasteiger partial charge in [0.15, 0.2) is 11.5 Å². The van der Waals surface area contributed by atoms with E-state index in [2.05, 4.69) is 11.0 Å². The summed E-state index contributed by atoms with van der Waals surface area (Å²) in [5.74, 6) is 0.906. The summed E-state index contributed by atoms with van der Waals surface area (Å²) in [6, 6.07) is 12.7. The van der Waals surface area contributed by atoms with Crippen LogP contribution in [-0.4, -0.2) is 51.2 Å². The SMILES string of the molecule is COc1cccc(C(=O)N2CCN(c3ccc(C#N)c(Cl)c3)CC2)c1OC. The number of anilines is 1. The Labute approximate surface area is 163 Å². The van der Waals surface area contributed by atoms with Gasteiger partial charge in [0.25, 0.3) is 5.91 Å². The molecule has 0 N–H and O–H groups in total. The number of hydrogen-bond acceptors (Lipinski definition) is 5. The molecule has 3 rings (SSSR count). The molecular formula is C20H20ClN3O3. The van der Waals surface area contributed by atoms with Crippen LogP contribution in [0, 0.1) is 11.3 Å². The summed E-state index contributed by atoms with van der Waals surface area (Å²) in [5, 5.41) is 9.43. The molecule has 1 aliphatic rings. The Balaban J connectivity index is 1.72. The molecule has 0 bridgehead atoms. The van der Waals surface area contributed by atoms with Crippen LogP contribution in [0.15, 0.2) is 36.4 Å². The second-order valence-corrected chi connectivity index (χ2v) is 6.50. The quantitative estimate of drug-likeness (QED) is 0.808. The van der Waals surface area contributed by atoms with Gasteiger partial charge in [-0.1, -0.05) is 17.7 Å². The van der Waals surface area contributed by atoms with Gasteiger partial charge >= 0.3 is 0 Å². The molecule has 2 aromatic rings. The molecular weight excluding hydrogens is 366 g/mol. The van der Waals surface area contributed by atoms with Crippen molar-refractivity contribution in [2.75, 3.05) is 45.3 Å². The number of nitrogens with zero attached hydrogens (tertiary/aromatic N) is 3. The molecule has 0 radical (unpaired) electrons. The molecule has 1 saturated heterocycles. The molecule has 7 heteroatoms. The van der Waals surface area contributed by atoms with Gasteiger partial charge in [0.05, 0.1) is 30.4 Å². The van der Waals surface area contributed by atoms with Gasteiger partial charge in [0.2, 0.25) is 0 Å². The van der Waals surface area contributed by atoms with Crippen molar-refractivity contribution >= 4 is 23.2 Å². The van der Waals surface area contributed by atoms with E-state index in [-0.39, 0.29) is 5.91 Å². The largest absolute Gasteiger partial charge is 0.493 e. The predicted octanol–water partition coefficient (Wildman–Crippen LogP) is 3.19. The van der Waals surface area contributed by atoms with Gasteiger partial charge < -0.3 is 19.3 Å². The molecule has 0 aromatic heterocycles. The van der Waals surface area contributed by atoms with Crippen LogP contribution in [0.25, 0.3) is 0 Å². The molecule has 1 fully saturated rings. The topological polar surface area (TPSA) is 65.8 Å². The molecule has 6 nitrogen and oxygen atoms in total. The lowest BCUT2D eigenvalue weighted by Crippen LogP contribution is -2.48. The standard InChI is InChI=1S/C20H20ClN3O3/c1-26-18-5-3-4-16(19(18)27-2)20(25)24-10-8-23(9-11-24)15-7-6-14(13-22)17(21)12-15/h3-7,12H,8-11H2,1-2H3. The molecule has 0 spiro atoms. The first kappa shape index (κ1) is 18.9. The van der Waals surface area contributed by atoms with Crippen LogP contribution in [0.5, 0.6) is 11.5 Å². The van der Waals surface area contributed by atoms with E-state index in [0.717, 1.165) is 5.69 Å². The van der Waals surface area contributed by atoms with Crippen LogP contribution in [0.2, 0.25) is 5.02 Å². The highest BCUT2D eigenvalue weighted by Crippen LogP contribution is 2.32. The van der Waals surface area contributed by atoms with Gasteiger partial charge in [0.1, 0.15) is 6.07 Å². The minimum absolute atomic E-state index is 0.0803. The number of piperazine rings is 1. The number of nitriles is 1. The molecule has 0 atom stereocenters. The van der Waals surface area contributed by atoms with Crippen molar-refractivity contribution in [1.29, 1.82) is 5.26 Å². The second kappa shape index (κ2) is 8.19. The fourth-order valence-corrected chi connectivity index (χ4v) is 3.40. The van der Waals surface area contributed by atoms with E-state index in [1.807, 2.05) is 6.07 Å². The highest BCUT2D eigenvalue weighted by Gasteiger charge is 2.26. The number of carbonyl (C=O) groups excluding carboxylic acids is 1. The molecule has 1 aliphatic heterocycles. The lowest BCUT2D eigenvalue weighted by Gasteiger charge is -2.36. The zero-order chi connectivity index (χ0) is 19.4. The molecule has 140 valence electrons. The van der Waals surface area contributed by atoms with Crippen molar-refractivity contribution in [2.45, 2.75) is 0 Å². The van der Waals surface area contributed by atoms with Crippen molar-refractivity contribution in [2.24, 2.45) is 0 Å². The molecule has 0 aliphatic carbocycles. The van der Waals surface area contributed by atoms with Gasteiger partial charge in [-0.25, -0.2) is 0 Å². The number of rotatable bonds is 4. The van der Waals surface area contributed by atoms with E-state index in [1.54, 1.807) is 42.3 Å². The number of benzene rings is 2. The first-order chi connectivity index (χ1) is 13.1. The number of ether oxygens (including phenoxy) is 2. The van der Waals surface area contributed by atoms with Crippen LogP contribution in [0.4, 0.5) is 5.69 Å². The Morgan fingerprint density at radius 1 is 1.11 bits per heavy atom. The van der Waals surface area contributed by atoms with E-state index < -0.39 is 0 Å². The predicted molar refractivity (Wildman–Crippen MR) is 104 cm³/mol. The van der Waals surface area contributed by atoms with Crippen LogP contribution in [0.3, 0.4) is 0 Å². The first-order valence-corrected chi connectivity index (χ1v) is 8.91. The van der Waals surface area contributed by atoms with Gasteiger partial charge in [0, 0.05) is 31.9 Å². The third-order valence-corrected chi connectivity index (χ3v) is 4.95. The Morgan fingerprint density at radius 2 is 1.85 bits per heavy atom. The molecule has 27 heavy (non-hydrogen) atoms. The second-order valence-electron chi connectivity index (χ2n) is 6.10. The van der Waals surface area contributed by atoms with E-state index in [4.69, 9.17) is 26.3 Å². The fraction of sp³-hybridized carbons (Fsp3) is 0.300. The summed E-state index contributed by atoms with van der Waals surface area (Å²) in [6.07, 6.45) is 0. The molecule has 2 aromatic carbocycles. The van der Waals surface area contributed by atoms with E-state index >= 15 is 0 Å². The van der Waals surface area contributed by atoms with Crippen LogP contribution in [0.1, 0.15) is 15.9 Å². The number of methoxy groups -OCH3 is 2. The third-order valence-electron chi connectivity index (χ3n) is 4.64. The van der Waals surface area contributed by atoms with E-state index in [0.29, 0.717) is 53.8 Å². The summed E-state index contributed by atoms with van der Waals surface area (Å²) >= 11 is 6.13. The van der Waals surface area contributed by atoms with Gasteiger partial charge in [-0.05, 0) is 30.3 Å². The number of para-hydroxylation sites is 1. The van der Waals surface area contributed by atoms with Gasteiger partial charge in [-0.15, -0.1) is 0 Å². The smallest absolute Gasteiger partial charge is 0.257 e. The number of halogens is 1. The van der Waals surface area contributed by atoms with Crippen molar-refractivity contribution in [3.8, 4) is 17.6 Å². The summed E-state index contributed by atoms with van der Waals surface area (Å²) in [4.78, 5) is 16.9. The highest BCUT2D eigenvalue weighted by molar-refractivity contribution is 6.32. The molecule has 0 saturated carbocycles. The van der Waals surface area contributed by atoms with E-state index in [1.165, 1.54) is 7.11 Å². The van der Waals surface area contributed by atoms with Crippen LogP contribution < -0.4 is 14.4 Å². The zero-order valence-corrected chi connectivity index (χ0v) is 16.0. The number of amides is 1. The van der Waals surface area contributed by atoms with Gasteiger partial charge in [-0.2, -0.15) is 5.26 Å². The lowest BCUT2D eigenvalue weighted by molar-refractivity contribution is 0.0742. The van der Waals surface area contributed by atoms with E-state index in [9.17, 15) is 4.79 Å². The monoisotopic (exact) mass is 385 g/mol. The van der Waals surface area contributed by atoms with Gasteiger partial charge in [-0.3, -0.25) is 4.79 Å². The number of hydrogen-bond donors (Lipinski definition) is 0. The molecule has 1 heterocycles. The maximum Gasteiger partial charge on any atom is 0.257 e. The normalized spacial score (nSPS) is 13.9. The maximum atomic E-state index is 12.9. The summed E-state index contributed by atoms with van der Waals surface area (Å²) in [5.41, 5.74) is 1.90. The highest BCUT2D eigenvalue weighted by atomic mass is 35.5. The van der Waals surface area contributed by atoms with Crippen LogP contribution in [-0.2, 0) is 0 Å². The fourth-order valence-electron chi connectivity index (χ4n) is 3.19. The Bertz CT molecular complexity index is 887. The Kier molecular flexibility index (Phi) is 5.72. The summed E-state index contributed by atoms with van der Waals surface area (Å²) in [7, 11) is 3.08. The van der Waals surface area contributed by atoms with Crippen molar-refractivity contribution in [3.63, 3.8) is 0 Å². The number of carbonyl (C=O) groups is 1. The minimum atomic E-state index is -0.0803. The summed E-state index contributed by atoms with van der Waals surface area (Å²) < 4.78 is 10.7. The van der Waals surface area contributed by atoms with Crippen LogP contribution >= 0.6 is 11.6 Å². The molecule has 0 unspecified atom stereocenters. The average Bonchev–Trinajstić information content (AvgIpc) is 2.72.